The summed E-state index contributed by atoms with van der Waals surface area (Å²) in [7, 11) is 1.97. The van der Waals surface area contributed by atoms with Gasteiger partial charge < -0.3 is 19.5 Å². The minimum atomic E-state index is -0.640. The van der Waals surface area contributed by atoms with Gasteiger partial charge in [-0.1, -0.05) is 24.3 Å². The van der Waals surface area contributed by atoms with E-state index < -0.39 is 6.10 Å². The van der Waals surface area contributed by atoms with Crippen molar-refractivity contribution in [3.63, 3.8) is 0 Å². The highest BCUT2D eigenvalue weighted by atomic mass is 16.5. The van der Waals surface area contributed by atoms with E-state index in [0.29, 0.717) is 24.4 Å². The number of carbonyl (C=O) groups is 1. The average molecular weight is 399 g/mol. The molecule has 156 valence electrons. The molecule has 1 aliphatic rings. The fourth-order valence-electron chi connectivity index (χ4n) is 3.61. The van der Waals surface area contributed by atoms with E-state index in [9.17, 15) is 9.90 Å². The molecule has 6 nitrogen and oxygen atoms in total. The number of nitrogens with zero attached hydrogens (tertiary/aromatic N) is 2. The number of ketones is 1. The molecule has 0 fully saturated rings. The molecule has 0 radical (unpaired) electrons. The molecule has 0 unspecified atom stereocenters. The third-order valence-corrected chi connectivity index (χ3v) is 5.03. The van der Waals surface area contributed by atoms with Crippen molar-refractivity contribution in [1.82, 2.24) is 4.90 Å². The fourth-order valence-corrected chi connectivity index (χ4v) is 3.61. The molecule has 2 aromatic rings. The van der Waals surface area contributed by atoms with Gasteiger partial charge in [0, 0.05) is 25.2 Å². The largest absolute Gasteiger partial charge is 0.491 e. The van der Waals surface area contributed by atoms with E-state index in [1.54, 1.807) is 24.3 Å². The Morgan fingerprint density at radius 1 is 1.31 bits per heavy atom. The first-order valence-corrected chi connectivity index (χ1v) is 10.1. The van der Waals surface area contributed by atoms with Crippen molar-refractivity contribution < 1.29 is 19.4 Å². The van der Waals surface area contributed by atoms with Crippen molar-refractivity contribution in [3.8, 4) is 11.5 Å². The van der Waals surface area contributed by atoms with Gasteiger partial charge in [0.25, 0.3) is 0 Å². The topological polar surface area (TPSA) is 62.2 Å². The Kier molecular flexibility index (Phi) is 7.12. The number of carbonyl (C=O) groups excluding carboxylic acids is 1. The highest BCUT2D eigenvalue weighted by molar-refractivity contribution is 5.94. The van der Waals surface area contributed by atoms with Gasteiger partial charge >= 0.3 is 0 Å². The van der Waals surface area contributed by atoms with Crippen molar-refractivity contribution in [1.29, 1.82) is 0 Å². The van der Waals surface area contributed by atoms with Gasteiger partial charge in [-0.05, 0) is 45.2 Å². The summed E-state index contributed by atoms with van der Waals surface area (Å²) >= 11 is 0. The van der Waals surface area contributed by atoms with Crippen LogP contribution in [0.5, 0.6) is 11.5 Å². The number of rotatable bonds is 9. The molecule has 0 aromatic heterocycles. The molecule has 2 atom stereocenters. The minimum Gasteiger partial charge on any atom is -0.491 e. The molecule has 1 N–H and O–H groups in total. The Labute approximate surface area is 172 Å². The first kappa shape index (κ1) is 21.1. The lowest BCUT2D eigenvalue weighted by Crippen LogP contribution is -2.47. The number of aliphatic hydroxyl groups is 1. The van der Waals surface area contributed by atoms with Crippen LogP contribution < -0.4 is 14.4 Å². The molecular weight excluding hydrogens is 368 g/mol. The molecule has 1 aliphatic heterocycles. The van der Waals surface area contributed by atoms with E-state index in [0.717, 1.165) is 24.5 Å². The summed E-state index contributed by atoms with van der Waals surface area (Å²) in [5.41, 5.74) is 1.74. The van der Waals surface area contributed by atoms with E-state index in [2.05, 4.69) is 22.8 Å². The monoisotopic (exact) mass is 398 g/mol. The minimum absolute atomic E-state index is 0.00842. The van der Waals surface area contributed by atoms with Crippen molar-refractivity contribution in [2.45, 2.75) is 26.1 Å². The molecule has 1 heterocycles. The Morgan fingerprint density at radius 2 is 2.10 bits per heavy atom. The maximum absolute atomic E-state index is 11.5. The normalized spacial score (nSPS) is 16.9. The Balaban J connectivity index is 1.48. The van der Waals surface area contributed by atoms with Crippen molar-refractivity contribution in [2.75, 3.05) is 44.7 Å². The van der Waals surface area contributed by atoms with Crippen LogP contribution in [0.2, 0.25) is 0 Å². The third-order valence-electron chi connectivity index (χ3n) is 5.03. The number of Topliss-reactive ketones (excluding diaryl/α,β-unsaturated/α-hetero) is 1. The molecule has 29 heavy (non-hydrogen) atoms. The Bertz CT molecular complexity index is 826. The summed E-state index contributed by atoms with van der Waals surface area (Å²) in [6, 6.07) is 15.1. The van der Waals surface area contributed by atoms with Gasteiger partial charge in [0.2, 0.25) is 0 Å². The van der Waals surface area contributed by atoms with Crippen LogP contribution in [0.3, 0.4) is 0 Å². The van der Waals surface area contributed by atoms with E-state index >= 15 is 0 Å². The van der Waals surface area contributed by atoms with Gasteiger partial charge in [-0.25, -0.2) is 0 Å². The second-order valence-electron chi connectivity index (χ2n) is 7.52. The van der Waals surface area contributed by atoms with Gasteiger partial charge in [0.05, 0.1) is 12.2 Å². The van der Waals surface area contributed by atoms with Gasteiger partial charge in [0.1, 0.15) is 30.3 Å². The molecule has 3 rings (SSSR count). The maximum atomic E-state index is 11.5. The van der Waals surface area contributed by atoms with Crippen LogP contribution in [0.4, 0.5) is 5.69 Å². The van der Waals surface area contributed by atoms with Gasteiger partial charge in [0.15, 0.2) is 5.78 Å². The first-order valence-electron chi connectivity index (χ1n) is 10.1. The van der Waals surface area contributed by atoms with Crippen LogP contribution in [-0.4, -0.2) is 67.8 Å². The number of para-hydroxylation sites is 2. The van der Waals surface area contributed by atoms with Crippen molar-refractivity contribution in [3.05, 3.63) is 54.1 Å². The predicted molar refractivity (Wildman–Crippen MR) is 114 cm³/mol. The number of likely N-dealkylation sites (N-methyl/N-ethyl adjacent to an activating group) is 2. The molecule has 0 spiro atoms. The highest BCUT2D eigenvalue weighted by Gasteiger charge is 2.26. The number of fused-ring (bicyclic) bond motifs is 1. The first-order chi connectivity index (χ1) is 14.0. The second-order valence-corrected chi connectivity index (χ2v) is 7.52. The van der Waals surface area contributed by atoms with Crippen molar-refractivity contribution in [2.24, 2.45) is 0 Å². The summed E-state index contributed by atoms with van der Waals surface area (Å²) in [6.45, 7) is 6.76. The summed E-state index contributed by atoms with van der Waals surface area (Å²) in [5.74, 6) is 1.49. The average Bonchev–Trinajstić information content (AvgIpc) is 2.71. The van der Waals surface area contributed by atoms with E-state index in [1.807, 2.05) is 25.2 Å². The van der Waals surface area contributed by atoms with Gasteiger partial charge in [-0.2, -0.15) is 0 Å². The van der Waals surface area contributed by atoms with Crippen LogP contribution in [0.25, 0.3) is 0 Å². The van der Waals surface area contributed by atoms with Crippen molar-refractivity contribution >= 4 is 11.5 Å². The molecule has 0 aliphatic carbocycles. The zero-order valence-electron chi connectivity index (χ0n) is 17.4. The smallest absolute Gasteiger partial charge is 0.159 e. The third kappa shape index (κ3) is 5.71. The number of aliphatic hydroxyl groups excluding tert-OH is 1. The molecule has 0 amide bonds. The Hall–Kier alpha value is -2.57. The molecular formula is C23H30N2O4. The number of ether oxygens (including phenoxy) is 2. The summed E-state index contributed by atoms with van der Waals surface area (Å²) in [4.78, 5) is 15.8. The number of hydrogen-bond acceptors (Lipinski definition) is 6. The van der Waals surface area contributed by atoms with Gasteiger partial charge in [-0.3, -0.25) is 9.69 Å². The van der Waals surface area contributed by atoms with Gasteiger partial charge in [-0.15, -0.1) is 0 Å². The summed E-state index contributed by atoms with van der Waals surface area (Å²) < 4.78 is 11.8. The van der Waals surface area contributed by atoms with Crippen LogP contribution in [0, 0.1) is 0 Å². The molecule has 6 heteroatoms. The van der Waals surface area contributed by atoms with E-state index in [1.165, 1.54) is 6.92 Å². The Morgan fingerprint density at radius 3 is 2.86 bits per heavy atom. The zero-order valence-corrected chi connectivity index (χ0v) is 17.4. The van der Waals surface area contributed by atoms with Crippen LogP contribution in [0.15, 0.2) is 48.5 Å². The molecule has 0 saturated carbocycles. The van der Waals surface area contributed by atoms with Crippen LogP contribution >= 0.6 is 0 Å². The highest BCUT2D eigenvalue weighted by Crippen LogP contribution is 2.32. The molecule has 2 aromatic carbocycles. The standard InChI is InChI=1S/C23H30N2O4/c1-4-25-15-21(29-23-11-6-5-10-22(23)25)14-24(3)13-19(27)16-28-20-9-7-8-18(12-20)17(2)26/h5-12,19,21,27H,4,13-16H2,1-3H3/t19-,21-/m0/s1. The summed E-state index contributed by atoms with van der Waals surface area (Å²) in [5, 5.41) is 10.4. The predicted octanol–water partition coefficient (Wildman–Crippen LogP) is 2.85. The lowest BCUT2D eigenvalue weighted by molar-refractivity contribution is 0.0606. The number of hydrogen-bond donors (Lipinski definition) is 1. The SMILES string of the molecule is CCN1C[C@H](CN(C)C[C@H](O)COc2cccc(C(C)=O)c2)Oc2ccccc21. The van der Waals surface area contributed by atoms with E-state index in [4.69, 9.17) is 9.47 Å². The lowest BCUT2D eigenvalue weighted by Gasteiger charge is -2.37. The fraction of sp³-hybridized carbons (Fsp3) is 0.435. The van der Waals surface area contributed by atoms with Crippen LogP contribution in [-0.2, 0) is 0 Å². The second kappa shape index (κ2) is 9.76. The number of anilines is 1. The van der Waals surface area contributed by atoms with Crippen LogP contribution in [0.1, 0.15) is 24.2 Å². The molecule has 0 bridgehead atoms. The zero-order chi connectivity index (χ0) is 20.8. The quantitative estimate of drug-likeness (QED) is 0.656. The number of benzene rings is 2. The molecule has 0 saturated heterocycles. The van der Waals surface area contributed by atoms with E-state index in [-0.39, 0.29) is 18.5 Å². The summed E-state index contributed by atoms with van der Waals surface area (Å²) in [6.07, 6.45) is -0.602. The maximum Gasteiger partial charge on any atom is 0.159 e. The lowest BCUT2D eigenvalue weighted by atomic mass is 10.1.